The maximum Gasteiger partial charge on any atom is 0.329 e. The van der Waals surface area contributed by atoms with E-state index in [1.54, 1.807) is 0 Å². The number of ether oxygens (including phenoxy) is 1. The number of hydrogen-bond acceptors (Lipinski definition) is 5. The van der Waals surface area contributed by atoms with Crippen molar-refractivity contribution in [2.24, 2.45) is 0 Å². The van der Waals surface area contributed by atoms with Crippen molar-refractivity contribution < 1.29 is 9.53 Å². The van der Waals surface area contributed by atoms with Crippen molar-refractivity contribution in [1.29, 1.82) is 0 Å². The minimum absolute atomic E-state index is 0.0352. The topological polar surface area (TPSA) is 61.2 Å². The Morgan fingerprint density at radius 3 is 2.72 bits per heavy atom. The van der Waals surface area contributed by atoms with Crippen molar-refractivity contribution in [3.05, 3.63) is 64.5 Å². The maximum atomic E-state index is 13.6. The van der Waals surface area contributed by atoms with Crippen LogP contribution in [0.5, 0.6) is 0 Å². The molecule has 2 aromatic heterocycles. The van der Waals surface area contributed by atoms with E-state index in [0.717, 1.165) is 47.6 Å². The van der Waals surface area contributed by atoms with Gasteiger partial charge in [0, 0.05) is 10.9 Å². The van der Waals surface area contributed by atoms with E-state index in [1.165, 1.54) is 28.7 Å². The monoisotopic (exact) mass is 446 g/mol. The second-order valence-electron chi connectivity index (χ2n) is 8.47. The lowest BCUT2D eigenvalue weighted by molar-refractivity contribution is -0.154. The minimum atomic E-state index is -0.661. The molecule has 0 bridgehead atoms. The van der Waals surface area contributed by atoms with E-state index < -0.39 is 6.04 Å². The molecule has 32 heavy (non-hydrogen) atoms. The Hall–Kier alpha value is -2.99. The van der Waals surface area contributed by atoms with E-state index in [-0.39, 0.29) is 17.6 Å². The van der Waals surface area contributed by atoms with Crippen LogP contribution in [0.1, 0.15) is 51.5 Å². The van der Waals surface area contributed by atoms with Crippen LogP contribution in [0.3, 0.4) is 0 Å². The third-order valence-electron chi connectivity index (χ3n) is 6.41. The van der Waals surface area contributed by atoms with Crippen molar-refractivity contribution in [3.8, 4) is 11.1 Å². The van der Waals surface area contributed by atoms with E-state index >= 15 is 0 Å². The molecule has 0 saturated heterocycles. The van der Waals surface area contributed by atoms with Gasteiger partial charge in [-0.25, -0.2) is 9.78 Å². The number of nitrogens with zero attached hydrogens (tertiary/aromatic N) is 2. The van der Waals surface area contributed by atoms with Crippen molar-refractivity contribution >= 4 is 38.3 Å². The molecule has 6 heteroatoms. The van der Waals surface area contributed by atoms with Gasteiger partial charge in [0.1, 0.15) is 17.0 Å². The number of rotatable bonds is 5. The molecule has 0 radical (unpaired) electrons. The second-order valence-corrected chi connectivity index (χ2v) is 9.33. The first-order valence-electron chi connectivity index (χ1n) is 11.3. The average Bonchev–Trinajstić information content (AvgIpc) is 3.26. The summed E-state index contributed by atoms with van der Waals surface area (Å²) in [5.41, 5.74) is 1.65. The van der Waals surface area contributed by atoms with Crippen LogP contribution in [-0.4, -0.2) is 21.6 Å². The third kappa shape index (κ3) is 3.84. The summed E-state index contributed by atoms with van der Waals surface area (Å²) in [5.74, 6) is -0.329. The van der Waals surface area contributed by atoms with Crippen LogP contribution >= 0.6 is 11.3 Å². The highest BCUT2D eigenvalue weighted by Crippen LogP contribution is 2.33. The van der Waals surface area contributed by atoms with Crippen LogP contribution in [0.25, 0.3) is 32.1 Å². The molecule has 1 atom stereocenters. The Kier molecular flexibility index (Phi) is 5.79. The van der Waals surface area contributed by atoms with Gasteiger partial charge in [0.15, 0.2) is 0 Å². The standard InChI is InChI=1S/C26H26N2O3S/c1-2-22(26(30)31-20-10-4-3-5-11-20)28-16-27-24-23(25(28)29)21(15-32-24)19-13-12-17-8-6-7-9-18(17)14-19/h6-9,12-16,20,22H,2-5,10-11H2,1H3. The number of fused-ring (bicyclic) bond motifs is 2. The zero-order valence-electron chi connectivity index (χ0n) is 18.1. The van der Waals surface area contributed by atoms with Gasteiger partial charge in [-0.3, -0.25) is 9.36 Å². The predicted molar refractivity (Wildman–Crippen MR) is 129 cm³/mol. The minimum Gasteiger partial charge on any atom is -0.461 e. The van der Waals surface area contributed by atoms with Gasteiger partial charge in [0.2, 0.25) is 0 Å². The van der Waals surface area contributed by atoms with Gasteiger partial charge < -0.3 is 4.74 Å². The molecule has 1 unspecified atom stereocenters. The lowest BCUT2D eigenvalue weighted by atomic mass is 9.98. The van der Waals surface area contributed by atoms with Gasteiger partial charge in [0.05, 0.1) is 11.7 Å². The van der Waals surface area contributed by atoms with Crippen molar-refractivity contribution in [2.75, 3.05) is 0 Å². The van der Waals surface area contributed by atoms with Crippen LogP contribution in [0.15, 0.2) is 59.0 Å². The summed E-state index contributed by atoms with van der Waals surface area (Å²) in [7, 11) is 0. The summed E-state index contributed by atoms with van der Waals surface area (Å²) >= 11 is 1.45. The maximum absolute atomic E-state index is 13.6. The molecule has 164 valence electrons. The zero-order valence-corrected chi connectivity index (χ0v) is 18.9. The fraction of sp³-hybridized carbons (Fsp3) is 0.346. The highest BCUT2D eigenvalue weighted by molar-refractivity contribution is 7.17. The van der Waals surface area contributed by atoms with Crippen LogP contribution < -0.4 is 5.56 Å². The molecule has 2 aromatic carbocycles. The molecule has 4 aromatic rings. The molecule has 0 spiro atoms. The normalized spacial score (nSPS) is 15.8. The summed E-state index contributed by atoms with van der Waals surface area (Å²) in [5, 5.41) is 4.82. The van der Waals surface area contributed by atoms with Crippen molar-refractivity contribution in [1.82, 2.24) is 9.55 Å². The number of carbonyl (C=O) groups excluding carboxylic acids is 1. The lowest BCUT2D eigenvalue weighted by Gasteiger charge is -2.25. The summed E-state index contributed by atoms with van der Waals surface area (Å²) in [6.45, 7) is 1.90. The van der Waals surface area contributed by atoms with E-state index in [1.807, 2.05) is 30.5 Å². The number of hydrogen-bond donors (Lipinski definition) is 0. The van der Waals surface area contributed by atoms with E-state index in [2.05, 4.69) is 29.2 Å². The highest BCUT2D eigenvalue weighted by atomic mass is 32.1. The van der Waals surface area contributed by atoms with Gasteiger partial charge in [-0.15, -0.1) is 11.3 Å². The van der Waals surface area contributed by atoms with Gasteiger partial charge in [-0.2, -0.15) is 0 Å². The molecule has 1 saturated carbocycles. The number of aromatic nitrogens is 2. The molecule has 1 aliphatic carbocycles. The SMILES string of the molecule is CCC(C(=O)OC1CCCCC1)n1cnc2scc(-c3ccc4ccccc4c3)c2c1=O. The van der Waals surface area contributed by atoms with Crippen molar-refractivity contribution in [3.63, 3.8) is 0 Å². The molecule has 1 aliphatic rings. The van der Waals surface area contributed by atoms with Crippen LogP contribution in [0.4, 0.5) is 0 Å². The smallest absolute Gasteiger partial charge is 0.329 e. The van der Waals surface area contributed by atoms with Gasteiger partial charge >= 0.3 is 5.97 Å². The first-order valence-corrected chi connectivity index (χ1v) is 12.2. The zero-order chi connectivity index (χ0) is 22.1. The summed E-state index contributed by atoms with van der Waals surface area (Å²) in [6, 6.07) is 13.7. The first-order chi connectivity index (χ1) is 15.7. The molecule has 0 amide bonds. The van der Waals surface area contributed by atoms with Gasteiger partial charge in [0.25, 0.3) is 5.56 Å². The molecular formula is C26H26N2O3S. The Morgan fingerprint density at radius 1 is 1.16 bits per heavy atom. The number of carbonyl (C=O) groups is 1. The van der Waals surface area contributed by atoms with Crippen LogP contribution in [0, 0.1) is 0 Å². The van der Waals surface area contributed by atoms with E-state index in [9.17, 15) is 9.59 Å². The Bertz CT molecular complexity index is 1330. The van der Waals surface area contributed by atoms with Gasteiger partial charge in [-0.1, -0.05) is 49.7 Å². The molecule has 0 N–H and O–H groups in total. The predicted octanol–water partition coefficient (Wildman–Crippen LogP) is 6.11. The van der Waals surface area contributed by atoms with Crippen molar-refractivity contribution in [2.45, 2.75) is 57.6 Å². The fourth-order valence-corrected chi connectivity index (χ4v) is 5.55. The number of esters is 1. The lowest BCUT2D eigenvalue weighted by Crippen LogP contribution is -2.33. The summed E-state index contributed by atoms with van der Waals surface area (Å²) in [4.78, 5) is 31.7. The molecule has 1 fully saturated rings. The third-order valence-corrected chi connectivity index (χ3v) is 7.30. The molecule has 2 heterocycles. The summed E-state index contributed by atoms with van der Waals surface area (Å²) in [6.07, 6.45) is 7.14. The fourth-order valence-electron chi connectivity index (χ4n) is 4.64. The second kappa shape index (κ2) is 8.87. The molecular weight excluding hydrogens is 420 g/mol. The molecule has 5 nitrogen and oxygen atoms in total. The van der Waals surface area contributed by atoms with Crippen LogP contribution in [-0.2, 0) is 9.53 Å². The van der Waals surface area contributed by atoms with Crippen LogP contribution in [0.2, 0.25) is 0 Å². The Morgan fingerprint density at radius 2 is 1.94 bits per heavy atom. The first kappa shape index (κ1) is 20.9. The average molecular weight is 447 g/mol. The van der Waals surface area contributed by atoms with E-state index in [0.29, 0.717) is 16.6 Å². The van der Waals surface area contributed by atoms with Gasteiger partial charge in [-0.05, 0) is 54.5 Å². The quantitative estimate of drug-likeness (QED) is 0.347. The largest absolute Gasteiger partial charge is 0.461 e. The molecule has 5 rings (SSSR count). The van der Waals surface area contributed by atoms with E-state index in [4.69, 9.17) is 4.74 Å². The Balaban J connectivity index is 1.53. The molecule has 0 aliphatic heterocycles. The number of thiophene rings is 1. The Labute approximate surface area is 190 Å². The highest BCUT2D eigenvalue weighted by Gasteiger charge is 2.27. The summed E-state index contributed by atoms with van der Waals surface area (Å²) < 4.78 is 7.25. The number of benzene rings is 2.